The summed E-state index contributed by atoms with van der Waals surface area (Å²) in [7, 11) is 0. The Labute approximate surface area is 103 Å². The minimum atomic E-state index is 0.712. The fourth-order valence-electron chi connectivity index (χ4n) is 1.28. The predicted molar refractivity (Wildman–Crippen MR) is 66.9 cm³/mol. The molecule has 0 aliphatic heterocycles. The van der Waals surface area contributed by atoms with Gasteiger partial charge in [0.1, 0.15) is 6.07 Å². The molecule has 0 spiro atoms. The molecular weight excluding hydrogens is 236 g/mol. The first kappa shape index (κ1) is 11.2. The number of nitrogens with zero attached hydrogens (tertiary/aromatic N) is 2. The summed E-state index contributed by atoms with van der Waals surface area (Å²) >= 11 is 3.17. The minimum absolute atomic E-state index is 0.712. The summed E-state index contributed by atoms with van der Waals surface area (Å²) in [5, 5.41) is 11.0. The van der Waals surface area contributed by atoms with Crippen LogP contribution in [0.4, 0.5) is 0 Å². The minimum Gasteiger partial charge on any atom is -0.235 e. The molecule has 0 radical (unpaired) electrons. The van der Waals surface area contributed by atoms with Crippen molar-refractivity contribution >= 4 is 23.1 Å². The van der Waals surface area contributed by atoms with Crippen molar-refractivity contribution in [3.63, 3.8) is 0 Å². The molecular formula is C12H10N2S2. The molecule has 1 heterocycles. The van der Waals surface area contributed by atoms with Crippen molar-refractivity contribution in [3.8, 4) is 6.07 Å². The van der Waals surface area contributed by atoms with Gasteiger partial charge in [0, 0.05) is 16.0 Å². The number of nitriles is 1. The molecule has 4 heteroatoms. The second kappa shape index (κ2) is 4.69. The summed E-state index contributed by atoms with van der Waals surface area (Å²) in [5.74, 6) is 0. The Hall–Kier alpha value is -1.31. The van der Waals surface area contributed by atoms with Crippen molar-refractivity contribution in [1.82, 2.24) is 4.98 Å². The van der Waals surface area contributed by atoms with Crippen molar-refractivity contribution in [2.45, 2.75) is 23.1 Å². The summed E-state index contributed by atoms with van der Waals surface area (Å²) in [4.78, 5) is 5.37. The number of hydrogen-bond donors (Lipinski definition) is 0. The molecule has 0 N–H and O–H groups in total. The molecule has 2 aromatic rings. The molecule has 0 amide bonds. The molecule has 80 valence electrons. The highest BCUT2D eigenvalue weighted by atomic mass is 32.2. The van der Waals surface area contributed by atoms with Gasteiger partial charge in [-0.1, -0.05) is 17.8 Å². The van der Waals surface area contributed by atoms with Crippen LogP contribution in [0.3, 0.4) is 0 Å². The van der Waals surface area contributed by atoms with Gasteiger partial charge in [-0.05, 0) is 31.5 Å². The average molecular weight is 246 g/mol. The lowest BCUT2D eigenvalue weighted by molar-refractivity contribution is 1.16. The third-order valence-electron chi connectivity index (χ3n) is 2.05. The van der Waals surface area contributed by atoms with Crippen LogP contribution in [0, 0.1) is 25.2 Å². The molecule has 0 saturated carbocycles. The topological polar surface area (TPSA) is 36.7 Å². The molecule has 0 aliphatic carbocycles. The van der Waals surface area contributed by atoms with Gasteiger partial charge in [0.25, 0.3) is 0 Å². The molecule has 2 nitrogen and oxygen atoms in total. The van der Waals surface area contributed by atoms with Crippen LogP contribution in [0.5, 0.6) is 0 Å². The van der Waals surface area contributed by atoms with E-state index in [1.807, 2.05) is 37.4 Å². The third-order valence-corrected chi connectivity index (χ3v) is 4.17. The van der Waals surface area contributed by atoms with E-state index in [0.717, 1.165) is 20.5 Å². The number of aromatic nitrogens is 1. The maximum absolute atomic E-state index is 9.01. The zero-order valence-electron chi connectivity index (χ0n) is 9.02. The standard InChI is InChI=1S/C12H10N2S2/c1-8-3-4-10(6-13)11(5-8)16-12-14-9(2)7-15-12/h3-5,7H,1-2H3. The largest absolute Gasteiger partial charge is 0.235 e. The number of hydrogen-bond acceptors (Lipinski definition) is 4. The van der Waals surface area contributed by atoms with E-state index < -0.39 is 0 Å². The Morgan fingerprint density at radius 1 is 1.38 bits per heavy atom. The molecule has 16 heavy (non-hydrogen) atoms. The van der Waals surface area contributed by atoms with E-state index in [-0.39, 0.29) is 0 Å². The zero-order chi connectivity index (χ0) is 11.5. The van der Waals surface area contributed by atoms with Crippen molar-refractivity contribution < 1.29 is 0 Å². The Morgan fingerprint density at radius 2 is 2.19 bits per heavy atom. The van der Waals surface area contributed by atoms with Gasteiger partial charge >= 0.3 is 0 Å². The number of thiazole rings is 1. The molecule has 0 saturated heterocycles. The Bertz CT molecular complexity index is 552. The van der Waals surface area contributed by atoms with Gasteiger partial charge < -0.3 is 0 Å². The van der Waals surface area contributed by atoms with Crippen LogP contribution in [-0.2, 0) is 0 Å². The SMILES string of the molecule is Cc1ccc(C#N)c(Sc2nc(C)cs2)c1. The first-order chi connectivity index (χ1) is 7.69. The highest BCUT2D eigenvalue weighted by molar-refractivity contribution is 8.01. The second-order valence-corrected chi connectivity index (χ2v) is 5.62. The van der Waals surface area contributed by atoms with Gasteiger partial charge in [-0.3, -0.25) is 0 Å². The summed E-state index contributed by atoms with van der Waals surface area (Å²) in [6, 6.07) is 8.05. The van der Waals surface area contributed by atoms with Crippen LogP contribution in [-0.4, -0.2) is 4.98 Å². The van der Waals surface area contributed by atoms with Crippen LogP contribution in [0.1, 0.15) is 16.8 Å². The van der Waals surface area contributed by atoms with E-state index >= 15 is 0 Å². The zero-order valence-corrected chi connectivity index (χ0v) is 10.7. The average Bonchev–Trinajstić information content (AvgIpc) is 2.64. The predicted octanol–water partition coefficient (Wildman–Crippen LogP) is 3.78. The van der Waals surface area contributed by atoms with Crippen LogP contribution in [0.15, 0.2) is 32.8 Å². The fourth-order valence-corrected chi connectivity index (χ4v) is 3.25. The summed E-state index contributed by atoms with van der Waals surface area (Å²) < 4.78 is 0.986. The van der Waals surface area contributed by atoms with Crippen LogP contribution >= 0.6 is 23.1 Å². The molecule has 2 rings (SSSR count). The van der Waals surface area contributed by atoms with Gasteiger partial charge in [-0.15, -0.1) is 11.3 Å². The highest BCUT2D eigenvalue weighted by Gasteiger charge is 2.07. The van der Waals surface area contributed by atoms with E-state index in [4.69, 9.17) is 5.26 Å². The summed E-state index contributed by atoms with van der Waals surface area (Å²) in [5.41, 5.74) is 2.90. The van der Waals surface area contributed by atoms with Gasteiger partial charge in [0.2, 0.25) is 0 Å². The molecule has 1 aromatic heterocycles. The van der Waals surface area contributed by atoms with Gasteiger partial charge in [0.05, 0.1) is 5.56 Å². The molecule has 1 aromatic carbocycles. The van der Waals surface area contributed by atoms with Crippen molar-refractivity contribution in [3.05, 3.63) is 40.4 Å². The lowest BCUT2D eigenvalue weighted by atomic mass is 10.2. The van der Waals surface area contributed by atoms with Gasteiger partial charge in [-0.2, -0.15) is 5.26 Å². The van der Waals surface area contributed by atoms with E-state index in [9.17, 15) is 0 Å². The van der Waals surface area contributed by atoms with Crippen molar-refractivity contribution in [1.29, 1.82) is 5.26 Å². The van der Waals surface area contributed by atoms with Crippen molar-refractivity contribution in [2.24, 2.45) is 0 Å². The quantitative estimate of drug-likeness (QED) is 0.809. The molecule has 0 atom stereocenters. The lowest BCUT2D eigenvalue weighted by Gasteiger charge is -2.02. The fraction of sp³-hybridized carbons (Fsp3) is 0.167. The Morgan fingerprint density at radius 3 is 2.81 bits per heavy atom. The van der Waals surface area contributed by atoms with E-state index in [2.05, 4.69) is 11.1 Å². The molecule has 0 aliphatic rings. The maximum Gasteiger partial charge on any atom is 0.154 e. The van der Waals surface area contributed by atoms with Gasteiger partial charge in [0.15, 0.2) is 4.34 Å². The number of aryl methyl sites for hydroxylation is 2. The molecule has 0 bridgehead atoms. The van der Waals surface area contributed by atoms with Crippen LogP contribution < -0.4 is 0 Å². The van der Waals surface area contributed by atoms with Crippen LogP contribution in [0.2, 0.25) is 0 Å². The second-order valence-electron chi connectivity index (χ2n) is 3.47. The lowest BCUT2D eigenvalue weighted by Crippen LogP contribution is -1.83. The smallest absolute Gasteiger partial charge is 0.154 e. The highest BCUT2D eigenvalue weighted by Crippen LogP contribution is 2.32. The van der Waals surface area contributed by atoms with Crippen LogP contribution in [0.25, 0.3) is 0 Å². The van der Waals surface area contributed by atoms with E-state index in [1.54, 1.807) is 23.1 Å². The normalized spacial score (nSPS) is 10.1. The third kappa shape index (κ3) is 2.43. The van der Waals surface area contributed by atoms with E-state index in [1.165, 1.54) is 0 Å². The Balaban J connectivity index is 2.34. The van der Waals surface area contributed by atoms with Crippen molar-refractivity contribution in [2.75, 3.05) is 0 Å². The number of rotatable bonds is 2. The first-order valence-corrected chi connectivity index (χ1v) is 6.49. The number of benzene rings is 1. The first-order valence-electron chi connectivity index (χ1n) is 4.80. The molecule has 0 unspecified atom stereocenters. The maximum atomic E-state index is 9.01. The van der Waals surface area contributed by atoms with Gasteiger partial charge in [-0.25, -0.2) is 4.98 Å². The molecule has 0 fully saturated rings. The summed E-state index contributed by atoms with van der Waals surface area (Å²) in [6.07, 6.45) is 0. The Kier molecular flexibility index (Phi) is 3.28. The summed E-state index contributed by atoms with van der Waals surface area (Å²) in [6.45, 7) is 4.00. The van der Waals surface area contributed by atoms with E-state index in [0.29, 0.717) is 5.56 Å². The monoisotopic (exact) mass is 246 g/mol.